The number of hydrogen-bond donors (Lipinski definition) is 2. The molecule has 134 valence electrons. The number of nitrogens with one attached hydrogen (secondary N) is 2. The van der Waals surface area contributed by atoms with Crippen LogP contribution in [0.25, 0.3) is 0 Å². The molecule has 6 heteroatoms. The average molecular weight is 361 g/mol. The van der Waals surface area contributed by atoms with E-state index >= 15 is 0 Å². The number of amides is 2. The third-order valence-corrected chi connectivity index (χ3v) is 3.67. The van der Waals surface area contributed by atoms with Crippen molar-refractivity contribution in [3.8, 4) is 0 Å². The highest BCUT2D eigenvalue weighted by molar-refractivity contribution is 6.05. The van der Waals surface area contributed by atoms with Crippen molar-refractivity contribution in [1.29, 1.82) is 0 Å². The van der Waals surface area contributed by atoms with E-state index in [9.17, 15) is 14.0 Å². The average Bonchev–Trinajstić information content (AvgIpc) is 2.70. The molecule has 0 saturated carbocycles. The van der Waals surface area contributed by atoms with E-state index in [-0.39, 0.29) is 11.7 Å². The highest BCUT2D eigenvalue weighted by Gasteiger charge is 2.08. The number of nitrogens with zero attached hydrogens (tertiary/aromatic N) is 1. The molecule has 3 rings (SSSR count). The van der Waals surface area contributed by atoms with Gasteiger partial charge in [-0.05, 0) is 48.0 Å². The van der Waals surface area contributed by atoms with Crippen molar-refractivity contribution >= 4 is 23.7 Å². The smallest absolute Gasteiger partial charge is 0.271 e. The van der Waals surface area contributed by atoms with Gasteiger partial charge in [0.1, 0.15) is 5.82 Å². The normalized spacial score (nSPS) is 10.6. The molecule has 0 aliphatic carbocycles. The van der Waals surface area contributed by atoms with Gasteiger partial charge in [-0.2, -0.15) is 5.10 Å². The lowest BCUT2D eigenvalue weighted by atomic mass is 10.1. The van der Waals surface area contributed by atoms with Crippen molar-refractivity contribution in [1.82, 2.24) is 5.43 Å². The van der Waals surface area contributed by atoms with Gasteiger partial charge in [0.25, 0.3) is 11.8 Å². The SMILES string of the molecule is O=C(NN=Cc1ccc(F)cc1)c1cccc(NC(=O)c2ccccc2)c1. The Hall–Kier alpha value is -3.80. The zero-order chi connectivity index (χ0) is 19.1. The van der Waals surface area contributed by atoms with Crippen molar-refractivity contribution in [2.24, 2.45) is 5.10 Å². The molecule has 0 heterocycles. The van der Waals surface area contributed by atoms with Crippen LogP contribution < -0.4 is 10.7 Å². The minimum atomic E-state index is -0.427. The van der Waals surface area contributed by atoms with Crippen LogP contribution in [0.4, 0.5) is 10.1 Å². The van der Waals surface area contributed by atoms with Gasteiger partial charge < -0.3 is 5.32 Å². The number of anilines is 1. The Kier molecular flexibility index (Phi) is 5.69. The molecule has 0 unspecified atom stereocenters. The Morgan fingerprint density at radius 1 is 0.815 bits per heavy atom. The van der Waals surface area contributed by atoms with Gasteiger partial charge in [0, 0.05) is 16.8 Å². The fourth-order valence-electron chi connectivity index (χ4n) is 2.31. The predicted molar refractivity (Wildman–Crippen MR) is 102 cm³/mol. The van der Waals surface area contributed by atoms with Crippen LogP contribution in [0.2, 0.25) is 0 Å². The van der Waals surface area contributed by atoms with E-state index in [0.717, 1.165) is 0 Å². The number of hydrazone groups is 1. The maximum atomic E-state index is 12.9. The molecule has 3 aromatic rings. The summed E-state index contributed by atoms with van der Waals surface area (Å²) in [5.74, 6) is -1.03. The van der Waals surface area contributed by atoms with E-state index < -0.39 is 5.91 Å². The quantitative estimate of drug-likeness (QED) is 0.535. The van der Waals surface area contributed by atoms with Gasteiger partial charge in [0.2, 0.25) is 0 Å². The lowest BCUT2D eigenvalue weighted by molar-refractivity contribution is 0.0953. The van der Waals surface area contributed by atoms with E-state index in [1.54, 1.807) is 60.7 Å². The molecule has 0 fully saturated rings. The Morgan fingerprint density at radius 2 is 1.52 bits per heavy atom. The second-order valence-corrected chi connectivity index (χ2v) is 5.65. The van der Waals surface area contributed by atoms with Crippen LogP contribution in [-0.2, 0) is 0 Å². The topological polar surface area (TPSA) is 70.6 Å². The third-order valence-electron chi connectivity index (χ3n) is 3.67. The van der Waals surface area contributed by atoms with Crippen LogP contribution in [0.5, 0.6) is 0 Å². The summed E-state index contributed by atoms with van der Waals surface area (Å²) in [6.45, 7) is 0. The Morgan fingerprint density at radius 3 is 2.26 bits per heavy atom. The molecule has 27 heavy (non-hydrogen) atoms. The first-order valence-corrected chi connectivity index (χ1v) is 8.17. The van der Waals surface area contributed by atoms with Crippen molar-refractivity contribution in [2.45, 2.75) is 0 Å². The van der Waals surface area contributed by atoms with Crippen LogP contribution >= 0.6 is 0 Å². The molecular formula is C21H16FN3O2. The first kappa shape index (κ1) is 18.0. The fraction of sp³-hybridized carbons (Fsp3) is 0. The monoisotopic (exact) mass is 361 g/mol. The molecule has 2 amide bonds. The second-order valence-electron chi connectivity index (χ2n) is 5.65. The van der Waals surface area contributed by atoms with Gasteiger partial charge >= 0.3 is 0 Å². The van der Waals surface area contributed by atoms with Gasteiger partial charge in [0.15, 0.2) is 0 Å². The van der Waals surface area contributed by atoms with Crippen molar-refractivity contribution in [3.63, 3.8) is 0 Å². The molecular weight excluding hydrogens is 345 g/mol. The molecule has 0 bridgehead atoms. The maximum absolute atomic E-state index is 12.9. The molecule has 3 aromatic carbocycles. The minimum absolute atomic E-state index is 0.262. The summed E-state index contributed by atoms with van der Waals surface area (Å²) >= 11 is 0. The lowest BCUT2D eigenvalue weighted by Gasteiger charge is -2.07. The van der Waals surface area contributed by atoms with Gasteiger partial charge in [0.05, 0.1) is 6.21 Å². The molecule has 0 spiro atoms. The Balaban J connectivity index is 1.63. The zero-order valence-electron chi connectivity index (χ0n) is 14.2. The lowest BCUT2D eigenvalue weighted by Crippen LogP contribution is -2.18. The molecule has 2 N–H and O–H groups in total. The van der Waals surface area contributed by atoms with Crippen LogP contribution in [0.1, 0.15) is 26.3 Å². The summed E-state index contributed by atoms with van der Waals surface area (Å²) in [5, 5.41) is 6.60. The van der Waals surface area contributed by atoms with Gasteiger partial charge in [-0.3, -0.25) is 9.59 Å². The van der Waals surface area contributed by atoms with E-state index in [2.05, 4.69) is 15.8 Å². The summed E-state index contributed by atoms with van der Waals surface area (Å²) in [6.07, 6.45) is 1.42. The van der Waals surface area contributed by atoms with E-state index in [1.807, 2.05) is 6.07 Å². The summed E-state index contributed by atoms with van der Waals surface area (Å²) in [4.78, 5) is 24.4. The summed E-state index contributed by atoms with van der Waals surface area (Å²) < 4.78 is 12.9. The number of hydrogen-bond acceptors (Lipinski definition) is 3. The first-order chi connectivity index (χ1) is 13.1. The predicted octanol–water partition coefficient (Wildman–Crippen LogP) is 3.84. The Labute approximate surface area is 155 Å². The summed E-state index contributed by atoms with van der Waals surface area (Å²) in [6, 6.07) is 21.0. The number of carbonyl (C=O) groups is 2. The number of benzene rings is 3. The summed E-state index contributed by atoms with van der Waals surface area (Å²) in [5.41, 5.74) is 4.42. The molecule has 0 aliphatic rings. The molecule has 0 radical (unpaired) electrons. The van der Waals surface area contributed by atoms with E-state index in [0.29, 0.717) is 22.4 Å². The maximum Gasteiger partial charge on any atom is 0.271 e. The van der Waals surface area contributed by atoms with E-state index in [1.165, 1.54) is 18.3 Å². The first-order valence-electron chi connectivity index (χ1n) is 8.17. The zero-order valence-corrected chi connectivity index (χ0v) is 14.2. The second kappa shape index (κ2) is 8.53. The number of carbonyl (C=O) groups excluding carboxylic acids is 2. The highest BCUT2D eigenvalue weighted by Crippen LogP contribution is 2.12. The molecule has 0 saturated heterocycles. The summed E-state index contributed by atoms with van der Waals surface area (Å²) in [7, 11) is 0. The molecule has 5 nitrogen and oxygen atoms in total. The highest BCUT2D eigenvalue weighted by atomic mass is 19.1. The standard InChI is InChI=1S/C21H16FN3O2/c22-18-11-9-15(10-12-18)14-23-25-21(27)17-7-4-8-19(13-17)24-20(26)16-5-2-1-3-6-16/h1-14H,(H,24,26)(H,25,27). The van der Waals surface area contributed by atoms with Gasteiger partial charge in [-0.15, -0.1) is 0 Å². The largest absolute Gasteiger partial charge is 0.322 e. The van der Waals surface area contributed by atoms with E-state index in [4.69, 9.17) is 0 Å². The van der Waals surface area contributed by atoms with Crippen LogP contribution in [0.3, 0.4) is 0 Å². The molecule has 0 atom stereocenters. The fourth-order valence-corrected chi connectivity index (χ4v) is 2.31. The molecule has 0 aromatic heterocycles. The van der Waals surface area contributed by atoms with Gasteiger partial charge in [-0.25, -0.2) is 9.82 Å². The van der Waals surface area contributed by atoms with Crippen LogP contribution in [0, 0.1) is 5.82 Å². The third kappa shape index (κ3) is 5.09. The van der Waals surface area contributed by atoms with Crippen molar-refractivity contribution in [2.75, 3.05) is 5.32 Å². The number of rotatable bonds is 5. The van der Waals surface area contributed by atoms with Crippen molar-refractivity contribution < 1.29 is 14.0 Å². The van der Waals surface area contributed by atoms with Crippen LogP contribution in [-0.4, -0.2) is 18.0 Å². The van der Waals surface area contributed by atoms with Gasteiger partial charge in [-0.1, -0.05) is 36.4 Å². The number of halogens is 1. The Bertz CT molecular complexity index is 970. The minimum Gasteiger partial charge on any atom is -0.322 e. The van der Waals surface area contributed by atoms with Crippen molar-refractivity contribution in [3.05, 3.63) is 101 Å². The molecule has 0 aliphatic heterocycles. The van der Waals surface area contributed by atoms with Crippen LogP contribution in [0.15, 0.2) is 84.0 Å².